The largest absolute Gasteiger partial charge is 0.475 e. The van der Waals surface area contributed by atoms with Gasteiger partial charge in [-0.15, -0.1) is 0 Å². The third-order valence-electron chi connectivity index (χ3n) is 4.59. The van der Waals surface area contributed by atoms with Crippen LogP contribution in [0.3, 0.4) is 0 Å². The van der Waals surface area contributed by atoms with E-state index in [1.807, 2.05) is 36.4 Å². The number of aliphatic hydroxyl groups excluding tert-OH is 4. The highest BCUT2D eigenvalue weighted by Crippen LogP contribution is 2.25. The minimum Gasteiger partial charge on any atom is -0.475 e. The van der Waals surface area contributed by atoms with Gasteiger partial charge >= 0.3 is 5.97 Å². The lowest BCUT2D eigenvalue weighted by Crippen LogP contribution is -2.59. The van der Waals surface area contributed by atoms with Crippen molar-refractivity contribution in [3.8, 4) is 11.1 Å². The number of rotatable bonds is 6. The number of hydrogen-bond acceptors (Lipinski definition) is 7. The van der Waals surface area contributed by atoms with E-state index in [-0.39, 0.29) is 0 Å². The second-order valence-corrected chi connectivity index (χ2v) is 6.62. The van der Waals surface area contributed by atoms with Crippen molar-refractivity contribution in [3.05, 3.63) is 65.9 Å². The molecule has 3 rings (SSSR count). The van der Waals surface area contributed by atoms with Crippen molar-refractivity contribution >= 4 is 12.0 Å². The molecule has 1 aliphatic rings. The van der Waals surface area contributed by atoms with Gasteiger partial charge in [-0.1, -0.05) is 48.5 Å². The van der Waals surface area contributed by atoms with Gasteiger partial charge in [0.1, 0.15) is 24.4 Å². The van der Waals surface area contributed by atoms with Gasteiger partial charge in [-0.05, 0) is 28.8 Å². The fourth-order valence-corrected chi connectivity index (χ4v) is 3.03. The second kappa shape index (κ2) is 9.17. The van der Waals surface area contributed by atoms with Gasteiger partial charge < -0.3 is 35.0 Å². The summed E-state index contributed by atoms with van der Waals surface area (Å²) in [4.78, 5) is 11.6. The van der Waals surface area contributed by atoms with E-state index in [4.69, 9.17) is 9.47 Å². The molecule has 1 heterocycles. The molecule has 0 radical (unpaired) electrons. The van der Waals surface area contributed by atoms with Crippen LogP contribution >= 0.6 is 0 Å². The average Bonchev–Trinajstić information content (AvgIpc) is 2.74. The Kier molecular flexibility index (Phi) is 6.63. The summed E-state index contributed by atoms with van der Waals surface area (Å²) in [6.45, 7) is -0.643. The lowest BCUT2D eigenvalue weighted by atomic mass is 9.99. The van der Waals surface area contributed by atoms with Gasteiger partial charge in [0.15, 0.2) is 0 Å². The predicted octanol–water partition coefficient (Wildman–Crippen LogP) is 0.596. The van der Waals surface area contributed by atoms with Crippen LogP contribution in [0.25, 0.3) is 17.2 Å². The SMILES string of the molecule is O=C(O)C(=Cc1cccc(-c2ccccc2)c1)OC1OC(CO)C(O)C(O)C1O. The maximum absolute atomic E-state index is 11.6. The van der Waals surface area contributed by atoms with Gasteiger partial charge in [0.25, 0.3) is 0 Å². The van der Waals surface area contributed by atoms with E-state index in [0.717, 1.165) is 11.1 Å². The number of carboxylic acid groups (broad SMARTS) is 1. The zero-order valence-electron chi connectivity index (χ0n) is 15.3. The lowest BCUT2D eigenvalue weighted by molar-refractivity contribution is -0.291. The van der Waals surface area contributed by atoms with Crippen LogP contribution in [-0.4, -0.2) is 68.8 Å². The minimum absolute atomic E-state index is 0.528. The Balaban J connectivity index is 1.85. The quantitative estimate of drug-likeness (QED) is 0.350. The standard InChI is InChI=1S/C21H22O8/c22-11-16-17(23)18(24)19(25)21(29-16)28-15(20(26)27)10-12-5-4-8-14(9-12)13-6-2-1-3-7-13/h1-10,16-19,21-25H,11H2,(H,26,27). The minimum atomic E-state index is -1.70. The van der Waals surface area contributed by atoms with Crippen LogP contribution in [0, 0.1) is 0 Å². The van der Waals surface area contributed by atoms with Crippen LogP contribution in [0.4, 0.5) is 0 Å². The molecular weight excluding hydrogens is 380 g/mol. The van der Waals surface area contributed by atoms with Crippen molar-refractivity contribution in [2.24, 2.45) is 0 Å². The van der Waals surface area contributed by atoms with E-state index in [1.165, 1.54) is 6.08 Å². The topological polar surface area (TPSA) is 137 Å². The molecule has 5 unspecified atom stereocenters. The summed E-state index contributed by atoms with van der Waals surface area (Å²) in [6, 6.07) is 16.6. The molecule has 1 saturated heterocycles. The fraction of sp³-hybridized carbons (Fsp3) is 0.286. The molecule has 0 aliphatic carbocycles. The number of aliphatic hydroxyl groups is 4. The van der Waals surface area contributed by atoms with E-state index in [0.29, 0.717) is 5.56 Å². The Morgan fingerprint density at radius 3 is 2.31 bits per heavy atom. The van der Waals surface area contributed by atoms with Crippen LogP contribution in [0.15, 0.2) is 60.4 Å². The number of carboxylic acids is 1. The number of hydrogen-bond donors (Lipinski definition) is 5. The van der Waals surface area contributed by atoms with Crippen LogP contribution in [-0.2, 0) is 14.3 Å². The average molecular weight is 402 g/mol. The molecule has 0 saturated carbocycles. The van der Waals surface area contributed by atoms with Gasteiger partial charge in [-0.25, -0.2) is 4.79 Å². The molecule has 8 nitrogen and oxygen atoms in total. The molecule has 1 aliphatic heterocycles. The molecule has 29 heavy (non-hydrogen) atoms. The van der Waals surface area contributed by atoms with Crippen molar-refractivity contribution in [1.29, 1.82) is 0 Å². The molecule has 0 bridgehead atoms. The summed E-state index contributed by atoms with van der Waals surface area (Å²) < 4.78 is 10.5. The summed E-state index contributed by atoms with van der Waals surface area (Å²) in [7, 11) is 0. The molecule has 1 fully saturated rings. The molecule has 8 heteroatoms. The van der Waals surface area contributed by atoms with Crippen molar-refractivity contribution in [2.75, 3.05) is 6.61 Å². The number of benzene rings is 2. The van der Waals surface area contributed by atoms with Gasteiger partial charge in [0.05, 0.1) is 6.61 Å². The van der Waals surface area contributed by atoms with E-state index >= 15 is 0 Å². The fourth-order valence-electron chi connectivity index (χ4n) is 3.03. The second-order valence-electron chi connectivity index (χ2n) is 6.62. The number of carbonyl (C=O) groups is 1. The Hall–Kier alpha value is -2.75. The molecule has 2 aromatic carbocycles. The maximum atomic E-state index is 11.6. The van der Waals surface area contributed by atoms with Crippen LogP contribution < -0.4 is 0 Å². The molecule has 154 valence electrons. The van der Waals surface area contributed by atoms with Crippen molar-refractivity contribution in [3.63, 3.8) is 0 Å². The molecule has 0 aromatic heterocycles. The highest BCUT2D eigenvalue weighted by Gasteiger charge is 2.45. The normalized spacial score (nSPS) is 27.4. The summed E-state index contributed by atoms with van der Waals surface area (Å²) >= 11 is 0. The molecule has 5 atom stereocenters. The van der Waals surface area contributed by atoms with Gasteiger partial charge in [-0.2, -0.15) is 0 Å². The molecule has 0 spiro atoms. The third-order valence-corrected chi connectivity index (χ3v) is 4.59. The molecule has 2 aromatic rings. The number of aliphatic carboxylic acids is 1. The third kappa shape index (κ3) is 4.81. The Morgan fingerprint density at radius 1 is 0.966 bits per heavy atom. The first kappa shape index (κ1) is 21.0. The first-order chi connectivity index (χ1) is 13.9. The van der Waals surface area contributed by atoms with Crippen LogP contribution in [0.5, 0.6) is 0 Å². The zero-order valence-corrected chi connectivity index (χ0v) is 15.3. The summed E-state index contributed by atoms with van der Waals surface area (Å²) in [5.74, 6) is -1.94. The monoisotopic (exact) mass is 402 g/mol. The Labute approximate surface area is 166 Å². The van der Waals surface area contributed by atoms with Crippen molar-refractivity contribution < 1.29 is 39.8 Å². The van der Waals surface area contributed by atoms with Gasteiger partial charge in [0.2, 0.25) is 12.0 Å². The van der Waals surface area contributed by atoms with Crippen molar-refractivity contribution in [1.82, 2.24) is 0 Å². The van der Waals surface area contributed by atoms with E-state index in [1.54, 1.807) is 18.2 Å². The molecule has 0 amide bonds. The molecular formula is C21H22O8. The van der Waals surface area contributed by atoms with Gasteiger partial charge in [0, 0.05) is 0 Å². The smallest absolute Gasteiger partial charge is 0.371 e. The lowest BCUT2D eigenvalue weighted by Gasteiger charge is -2.39. The van der Waals surface area contributed by atoms with Crippen molar-refractivity contribution in [2.45, 2.75) is 30.7 Å². The Morgan fingerprint density at radius 2 is 1.66 bits per heavy atom. The zero-order chi connectivity index (χ0) is 21.0. The first-order valence-electron chi connectivity index (χ1n) is 8.98. The maximum Gasteiger partial charge on any atom is 0.371 e. The predicted molar refractivity (Wildman–Crippen MR) is 102 cm³/mol. The molecule has 5 N–H and O–H groups in total. The summed E-state index contributed by atoms with van der Waals surface area (Å²) in [5.41, 5.74) is 2.36. The van der Waals surface area contributed by atoms with E-state index < -0.39 is 49.0 Å². The number of ether oxygens (including phenoxy) is 2. The first-order valence-corrected chi connectivity index (χ1v) is 8.98. The van der Waals surface area contributed by atoms with Crippen LogP contribution in [0.2, 0.25) is 0 Å². The van der Waals surface area contributed by atoms with E-state index in [9.17, 15) is 30.3 Å². The van der Waals surface area contributed by atoms with E-state index in [2.05, 4.69) is 0 Å². The summed E-state index contributed by atoms with van der Waals surface area (Å²) in [5, 5.41) is 48.4. The summed E-state index contributed by atoms with van der Waals surface area (Å²) in [6.07, 6.45) is -6.45. The highest BCUT2D eigenvalue weighted by atomic mass is 16.7. The van der Waals surface area contributed by atoms with Crippen LogP contribution in [0.1, 0.15) is 5.56 Å². The van der Waals surface area contributed by atoms with Gasteiger partial charge in [-0.3, -0.25) is 0 Å². The highest BCUT2D eigenvalue weighted by molar-refractivity contribution is 5.90. The Bertz CT molecular complexity index is 864.